The molecule has 3 N–H and O–H groups in total. The van der Waals surface area contributed by atoms with Gasteiger partial charge in [-0.1, -0.05) is 38.3 Å². The van der Waals surface area contributed by atoms with E-state index < -0.39 is 0 Å². The van der Waals surface area contributed by atoms with Crippen molar-refractivity contribution in [2.24, 2.45) is 0 Å². The number of piperidine rings is 1. The summed E-state index contributed by atoms with van der Waals surface area (Å²) in [7, 11) is 0. The van der Waals surface area contributed by atoms with Crippen LogP contribution in [0.4, 0.5) is 10.7 Å². The largest absolute Gasteiger partial charge is 0.367 e. The molecule has 0 radical (unpaired) electrons. The van der Waals surface area contributed by atoms with Crippen molar-refractivity contribution in [3.8, 4) is 0 Å². The molecule has 0 spiro atoms. The summed E-state index contributed by atoms with van der Waals surface area (Å²) >= 11 is 0. The lowest BCUT2D eigenvalue weighted by atomic mass is 9.88. The highest BCUT2D eigenvalue weighted by Gasteiger charge is 2.30. The fourth-order valence-electron chi connectivity index (χ4n) is 4.07. The molecule has 1 saturated carbocycles. The van der Waals surface area contributed by atoms with E-state index in [1.807, 2.05) is 4.90 Å². The summed E-state index contributed by atoms with van der Waals surface area (Å²) in [5.41, 5.74) is 7.96. The zero-order chi connectivity index (χ0) is 17.1. The van der Waals surface area contributed by atoms with Gasteiger partial charge >= 0.3 is 6.03 Å². The van der Waals surface area contributed by atoms with E-state index >= 15 is 0 Å². The van der Waals surface area contributed by atoms with Crippen LogP contribution in [0.2, 0.25) is 0 Å². The summed E-state index contributed by atoms with van der Waals surface area (Å²) in [4.78, 5) is 14.4. The Hall–Kier alpha value is -1.72. The van der Waals surface area contributed by atoms with Crippen LogP contribution in [0.1, 0.15) is 81.9 Å². The first kappa shape index (κ1) is 17.1. The van der Waals surface area contributed by atoms with E-state index in [0.717, 1.165) is 50.0 Å². The van der Waals surface area contributed by atoms with E-state index in [0.29, 0.717) is 23.8 Å². The summed E-state index contributed by atoms with van der Waals surface area (Å²) in [6.07, 6.45) is 7.86. The number of amides is 2. The first-order valence-corrected chi connectivity index (χ1v) is 9.36. The SMILES string of the molecule is CC(C)c1c(C2CCN(C(=O)NC3CCCCC3)CC2)noc1N. The normalized spacial score (nSPS) is 20.5. The minimum atomic E-state index is 0.101. The predicted molar refractivity (Wildman–Crippen MR) is 94.0 cm³/mol. The van der Waals surface area contributed by atoms with E-state index in [4.69, 9.17) is 10.3 Å². The van der Waals surface area contributed by atoms with Crippen LogP contribution in [0.15, 0.2) is 4.52 Å². The summed E-state index contributed by atoms with van der Waals surface area (Å²) in [5, 5.41) is 7.41. The number of likely N-dealkylation sites (tertiary alicyclic amines) is 1. The molecule has 1 aliphatic heterocycles. The Labute approximate surface area is 144 Å². The molecule has 0 bridgehead atoms. The first-order valence-electron chi connectivity index (χ1n) is 9.36. The van der Waals surface area contributed by atoms with Crippen LogP contribution in [-0.2, 0) is 0 Å². The van der Waals surface area contributed by atoms with Gasteiger partial charge in [0.25, 0.3) is 0 Å². The average molecular weight is 334 g/mol. The van der Waals surface area contributed by atoms with Gasteiger partial charge in [0.1, 0.15) is 0 Å². The average Bonchev–Trinajstić information content (AvgIpc) is 2.98. The van der Waals surface area contributed by atoms with E-state index in [9.17, 15) is 4.79 Å². The number of rotatable bonds is 3. The van der Waals surface area contributed by atoms with Crippen molar-refractivity contribution < 1.29 is 9.32 Å². The molecule has 6 nitrogen and oxygen atoms in total. The number of urea groups is 1. The molecule has 6 heteroatoms. The maximum Gasteiger partial charge on any atom is 0.317 e. The van der Waals surface area contributed by atoms with Crippen LogP contribution in [0.3, 0.4) is 0 Å². The second-order valence-corrected chi connectivity index (χ2v) is 7.55. The third-order valence-electron chi connectivity index (χ3n) is 5.46. The Kier molecular flexibility index (Phi) is 5.31. The van der Waals surface area contributed by atoms with E-state index in [2.05, 4.69) is 24.3 Å². The second kappa shape index (κ2) is 7.45. The van der Waals surface area contributed by atoms with Crippen molar-refractivity contribution in [2.45, 2.75) is 76.7 Å². The zero-order valence-electron chi connectivity index (χ0n) is 14.9. The molecule has 2 fully saturated rings. The standard InChI is InChI=1S/C18H30N4O2/c1-12(2)15-16(21-24-17(15)19)13-8-10-22(11-9-13)18(23)20-14-6-4-3-5-7-14/h12-14H,3-11,19H2,1-2H3,(H,20,23). The van der Waals surface area contributed by atoms with Crippen LogP contribution < -0.4 is 11.1 Å². The summed E-state index contributed by atoms with van der Waals surface area (Å²) < 4.78 is 5.22. The number of nitrogens with zero attached hydrogens (tertiary/aromatic N) is 2. The third kappa shape index (κ3) is 3.68. The first-order chi connectivity index (χ1) is 11.6. The van der Waals surface area contributed by atoms with Gasteiger partial charge in [0.2, 0.25) is 5.88 Å². The molecular weight excluding hydrogens is 304 g/mol. The Morgan fingerprint density at radius 1 is 1.21 bits per heavy atom. The third-order valence-corrected chi connectivity index (χ3v) is 5.46. The molecule has 24 heavy (non-hydrogen) atoms. The van der Waals surface area contributed by atoms with Gasteiger partial charge in [-0.2, -0.15) is 0 Å². The number of nitrogen functional groups attached to an aromatic ring is 1. The maximum absolute atomic E-state index is 12.4. The van der Waals surface area contributed by atoms with Gasteiger partial charge in [0.05, 0.1) is 5.69 Å². The van der Waals surface area contributed by atoms with E-state index in [1.54, 1.807) is 0 Å². The molecule has 1 aliphatic carbocycles. The smallest absolute Gasteiger partial charge is 0.317 e. The quantitative estimate of drug-likeness (QED) is 0.884. The highest BCUT2D eigenvalue weighted by Crippen LogP contribution is 2.35. The fourth-order valence-corrected chi connectivity index (χ4v) is 4.07. The van der Waals surface area contributed by atoms with Crippen molar-refractivity contribution >= 4 is 11.9 Å². The maximum atomic E-state index is 12.4. The number of anilines is 1. The molecule has 2 aliphatic rings. The number of carbonyl (C=O) groups excluding carboxylic acids is 1. The molecule has 2 amide bonds. The van der Waals surface area contributed by atoms with E-state index in [1.165, 1.54) is 19.3 Å². The van der Waals surface area contributed by atoms with Crippen molar-refractivity contribution in [3.05, 3.63) is 11.3 Å². The van der Waals surface area contributed by atoms with Crippen LogP contribution in [0.25, 0.3) is 0 Å². The molecule has 1 saturated heterocycles. The van der Waals surface area contributed by atoms with Gasteiger partial charge in [-0.25, -0.2) is 4.79 Å². The number of hydrogen-bond acceptors (Lipinski definition) is 4. The van der Waals surface area contributed by atoms with Gasteiger partial charge in [0.15, 0.2) is 0 Å². The van der Waals surface area contributed by atoms with Crippen molar-refractivity contribution in [2.75, 3.05) is 18.8 Å². The van der Waals surface area contributed by atoms with Gasteiger partial charge in [-0.15, -0.1) is 0 Å². The highest BCUT2D eigenvalue weighted by molar-refractivity contribution is 5.74. The number of nitrogens with two attached hydrogens (primary N) is 1. The second-order valence-electron chi connectivity index (χ2n) is 7.55. The van der Waals surface area contributed by atoms with Crippen molar-refractivity contribution in [1.29, 1.82) is 0 Å². The van der Waals surface area contributed by atoms with Gasteiger partial charge < -0.3 is 20.5 Å². The molecular formula is C18H30N4O2. The minimum Gasteiger partial charge on any atom is -0.367 e. The van der Waals surface area contributed by atoms with Crippen molar-refractivity contribution in [3.63, 3.8) is 0 Å². The molecule has 0 aromatic carbocycles. The molecule has 1 aromatic heterocycles. The zero-order valence-corrected chi connectivity index (χ0v) is 14.9. The highest BCUT2D eigenvalue weighted by atomic mass is 16.5. The Bertz CT molecular complexity index is 555. The van der Waals surface area contributed by atoms with Crippen LogP contribution >= 0.6 is 0 Å². The van der Waals surface area contributed by atoms with Crippen LogP contribution in [0, 0.1) is 0 Å². The number of hydrogen-bond donors (Lipinski definition) is 2. The van der Waals surface area contributed by atoms with Gasteiger partial charge in [-0.3, -0.25) is 0 Å². The summed E-state index contributed by atoms with van der Waals surface area (Å²) in [5.74, 6) is 1.08. The lowest BCUT2D eigenvalue weighted by molar-refractivity contribution is 0.173. The minimum absolute atomic E-state index is 0.101. The molecule has 134 valence electrons. The van der Waals surface area contributed by atoms with E-state index in [-0.39, 0.29) is 6.03 Å². The van der Waals surface area contributed by atoms with Crippen LogP contribution in [-0.4, -0.2) is 35.2 Å². The summed E-state index contributed by atoms with van der Waals surface area (Å²) in [6, 6.07) is 0.468. The number of nitrogens with one attached hydrogen (secondary N) is 1. The Balaban J connectivity index is 1.55. The lowest BCUT2D eigenvalue weighted by Crippen LogP contribution is -2.48. The topological polar surface area (TPSA) is 84.4 Å². The Morgan fingerprint density at radius 3 is 2.50 bits per heavy atom. The number of carbonyl (C=O) groups is 1. The van der Waals surface area contributed by atoms with Crippen LogP contribution in [0.5, 0.6) is 0 Å². The van der Waals surface area contributed by atoms with Gasteiger partial charge in [-0.05, 0) is 31.6 Å². The molecule has 3 rings (SSSR count). The number of aromatic nitrogens is 1. The molecule has 0 unspecified atom stereocenters. The lowest BCUT2D eigenvalue weighted by Gasteiger charge is -2.33. The molecule has 1 aromatic rings. The Morgan fingerprint density at radius 2 is 1.88 bits per heavy atom. The predicted octanol–water partition coefficient (Wildman–Crippen LogP) is 3.60. The van der Waals surface area contributed by atoms with Gasteiger partial charge in [0, 0.05) is 30.6 Å². The fraction of sp³-hybridized carbons (Fsp3) is 0.778. The summed E-state index contributed by atoms with van der Waals surface area (Å²) in [6.45, 7) is 5.76. The molecule has 2 heterocycles. The monoisotopic (exact) mass is 334 g/mol. The van der Waals surface area contributed by atoms with Crippen molar-refractivity contribution in [1.82, 2.24) is 15.4 Å². The molecule has 0 atom stereocenters.